The molecule has 1 amide bonds. The summed E-state index contributed by atoms with van der Waals surface area (Å²) in [5, 5.41) is 23.8. The molecule has 23 heteroatoms. The third kappa shape index (κ3) is 16.3. The van der Waals surface area contributed by atoms with Gasteiger partial charge in [-0.2, -0.15) is 0 Å². The fraction of sp³-hybridized carbons (Fsp3) is 0.688. The van der Waals surface area contributed by atoms with Gasteiger partial charge >= 0.3 is 29.8 Å². The Kier molecular flexibility index (Phi) is 25.3. The summed E-state index contributed by atoms with van der Waals surface area (Å²) in [6.07, 6.45) is 10.1. The third-order valence-corrected chi connectivity index (χ3v) is 23.1. The van der Waals surface area contributed by atoms with Gasteiger partial charge in [-0.25, -0.2) is 9.59 Å². The largest absolute Gasteiger partial charge is 0.462 e. The zero-order chi connectivity index (χ0) is 72.9. The van der Waals surface area contributed by atoms with Crippen LogP contribution in [-0.4, -0.2) is 175 Å². The van der Waals surface area contributed by atoms with Crippen LogP contribution < -0.4 is 0 Å². The number of fused-ring (bicyclic) bond motifs is 6. The minimum Gasteiger partial charge on any atom is -0.462 e. The van der Waals surface area contributed by atoms with Crippen LogP contribution in [0.15, 0.2) is 69.4 Å². The van der Waals surface area contributed by atoms with E-state index in [9.17, 15) is 58.2 Å². The van der Waals surface area contributed by atoms with Gasteiger partial charge in [-0.05, 0) is 151 Å². The molecule has 100 heavy (non-hydrogen) atoms. The average molecular weight is 1400 g/mol. The maximum absolute atomic E-state index is 14.7. The maximum atomic E-state index is 14.7. The molecule has 0 aromatic carbocycles. The molecule has 0 radical (unpaired) electrons. The molecule has 2 bridgehead atoms. The van der Waals surface area contributed by atoms with Crippen LogP contribution in [0, 0.1) is 46.8 Å². The highest BCUT2D eigenvalue weighted by Gasteiger charge is 2.65. The first-order valence-electron chi connectivity index (χ1n) is 36.0. The Hall–Kier alpha value is -6.76. The fourth-order valence-corrected chi connectivity index (χ4v) is 17.3. The Labute approximate surface area is 586 Å². The fourth-order valence-electron chi connectivity index (χ4n) is 17.3. The Morgan fingerprint density at radius 2 is 1.50 bits per heavy atom. The summed E-state index contributed by atoms with van der Waals surface area (Å²) in [6, 6.07) is -1.22. The number of amides is 1. The number of nitrogens with zero attached hydrogens (tertiary/aromatic N) is 1. The van der Waals surface area contributed by atoms with Gasteiger partial charge in [0, 0.05) is 81.9 Å². The first-order valence-corrected chi connectivity index (χ1v) is 36.0. The van der Waals surface area contributed by atoms with Crippen molar-refractivity contribution in [2.45, 2.75) is 257 Å². The number of furan rings is 1. The highest BCUT2D eigenvalue weighted by molar-refractivity contribution is 6.39. The predicted molar refractivity (Wildman–Crippen MR) is 361 cm³/mol. The van der Waals surface area contributed by atoms with Crippen molar-refractivity contribution >= 4 is 58.9 Å². The average Bonchev–Trinajstić information content (AvgIpc) is 1.37. The number of methoxy groups -OCH3 is 3. The van der Waals surface area contributed by atoms with Crippen molar-refractivity contribution in [2.24, 2.45) is 46.8 Å². The Balaban J connectivity index is 0.856. The molecule has 4 aliphatic carbocycles. The van der Waals surface area contributed by atoms with E-state index in [1.807, 2.05) is 65.0 Å². The van der Waals surface area contributed by atoms with E-state index in [0.717, 1.165) is 10.5 Å². The molecule has 4 fully saturated rings. The number of aliphatic hydroxyl groups excluding tert-OH is 1. The minimum absolute atomic E-state index is 0.00536. The topological polar surface area (TPSA) is 311 Å². The molecule has 18 atom stereocenters. The summed E-state index contributed by atoms with van der Waals surface area (Å²) >= 11 is 0. The van der Waals surface area contributed by atoms with E-state index in [2.05, 4.69) is 0 Å². The van der Waals surface area contributed by atoms with Gasteiger partial charge in [-0.15, -0.1) is 0 Å². The highest BCUT2D eigenvalue weighted by Crippen LogP contribution is 2.63. The van der Waals surface area contributed by atoms with Gasteiger partial charge in [0.2, 0.25) is 11.6 Å². The van der Waals surface area contributed by atoms with Crippen LogP contribution >= 0.6 is 0 Å². The number of hydrogen-bond donors (Lipinski definition) is 2. The van der Waals surface area contributed by atoms with E-state index < -0.39 is 155 Å². The molecular weight excluding hydrogens is 1290 g/mol. The molecule has 2 N–H and O–H groups in total. The number of hydrogen-bond acceptors (Lipinski definition) is 22. The molecule has 2 saturated heterocycles. The van der Waals surface area contributed by atoms with E-state index in [1.165, 1.54) is 27.4 Å². The van der Waals surface area contributed by atoms with Gasteiger partial charge in [0.15, 0.2) is 11.5 Å². The number of carbonyl (C=O) groups is 10. The van der Waals surface area contributed by atoms with Crippen LogP contribution in [0.5, 0.6) is 0 Å². The van der Waals surface area contributed by atoms with E-state index in [1.54, 1.807) is 40.9 Å². The second kappa shape index (κ2) is 32.7. The molecule has 550 valence electrons. The number of aliphatic hydroxyl groups is 2. The standard InChI is InChI=1S/C77H105NO22/c1-41-19-15-14-16-20-42(2)56(92-12)36-51-25-22-47(7)77(90,100-51)71(86)72(87)78-32-18-17-21-54(78)74(89)97-57(37-55(80)43(3)34-46(6)67(84)70(93-13)66(83)45(5)33-41)44(4)35-49-23-26-50(27-24-49)96-61(81)30-31-62(82)98-59-29-28-53-63-65(58(95-48(8)79)38-75(53,59)9)76(10)60(40-91-11)99-73(88)52-39-94-69(64(52)76)68(63)85/h14-16,19-20,34,39,41,43-45,47,49-51,53-54,56-60,67,70,84,90H,17-18,21-33,35-38,40H2,1-13H3/b16-14+,19-15+,42-20+,46-34+/t41-,43-,44-,45-,47-,49?,50?,51+,53?,54+,56+,57+,58-,59+,60-,67-,70+,75+,76+,77-/m1/s1. The number of piperidine rings is 1. The number of esters is 5. The molecule has 4 aliphatic heterocycles. The summed E-state index contributed by atoms with van der Waals surface area (Å²) in [4.78, 5) is 141. The van der Waals surface area contributed by atoms with Crippen molar-refractivity contribution < 1.29 is 105 Å². The Morgan fingerprint density at radius 1 is 0.790 bits per heavy atom. The van der Waals surface area contributed by atoms with Gasteiger partial charge in [-0.3, -0.25) is 38.4 Å². The van der Waals surface area contributed by atoms with Crippen molar-refractivity contribution in [3.8, 4) is 0 Å². The monoisotopic (exact) mass is 1400 g/mol. The molecule has 8 aliphatic rings. The van der Waals surface area contributed by atoms with Crippen LogP contribution in [0.1, 0.15) is 211 Å². The summed E-state index contributed by atoms with van der Waals surface area (Å²) in [5.74, 6) is -12.1. The second-order valence-electron chi connectivity index (χ2n) is 30.2. The number of allylic oxidation sites excluding steroid dienone is 7. The minimum atomic E-state index is -2.49. The van der Waals surface area contributed by atoms with Crippen molar-refractivity contribution in [3.05, 3.63) is 81.9 Å². The smallest absolute Gasteiger partial charge is 0.342 e. The summed E-state index contributed by atoms with van der Waals surface area (Å²) in [6.45, 7) is 17.5. The Morgan fingerprint density at radius 3 is 2.18 bits per heavy atom. The van der Waals surface area contributed by atoms with Gasteiger partial charge in [-0.1, -0.05) is 78.0 Å². The summed E-state index contributed by atoms with van der Waals surface area (Å²) in [5.41, 5.74) is 0.504. The number of carbonyl (C=O) groups excluding carboxylic acids is 10. The van der Waals surface area contributed by atoms with E-state index in [-0.39, 0.29) is 86.4 Å². The van der Waals surface area contributed by atoms with Crippen molar-refractivity contribution in [1.82, 2.24) is 4.90 Å². The first-order chi connectivity index (χ1) is 47.4. The molecule has 9 rings (SSSR count). The lowest BCUT2D eigenvalue weighted by Crippen LogP contribution is -2.61. The number of Topliss-reactive ketones (excluding diaryl/α,β-unsaturated/α-hetero) is 4. The summed E-state index contributed by atoms with van der Waals surface area (Å²) in [7, 11) is 4.39. The predicted octanol–water partition coefficient (Wildman–Crippen LogP) is 9.78. The van der Waals surface area contributed by atoms with Crippen LogP contribution in [0.3, 0.4) is 0 Å². The van der Waals surface area contributed by atoms with Crippen LogP contribution in [0.25, 0.3) is 0 Å². The second-order valence-corrected chi connectivity index (χ2v) is 30.2. The van der Waals surface area contributed by atoms with Crippen LogP contribution in [0.2, 0.25) is 0 Å². The lowest BCUT2D eigenvalue weighted by Gasteiger charge is -2.52. The van der Waals surface area contributed by atoms with Gasteiger partial charge in [0.25, 0.3) is 11.7 Å². The lowest BCUT2D eigenvalue weighted by atomic mass is 9.54. The molecule has 1 aromatic rings. The molecular formula is C77H105NO22. The zero-order valence-corrected chi connectivity index (χ0v) is 60.5. The number of ketones is 4. The molecule has 2 saturated carbocycles. The van der Waals surface area contributed by atoms with Gasteiger partial charge in [0.1, 0.15) is 66.4 Å². The highest BCUT2D eigenvalue weighted by atomic mass is 16.6. The van der Waals surface area contributed by atoms with E-state index in [0.29, 0.717) is 99.3 Å². The lowest BCUT2D eigenvalue weighted by molar-refractivity contribution is -0.265. The number of cyclic esters (lactones) is 2. The summed E-state index contributed by atoms with van der Waals surface area (Å²) < 4.78 is 59.5. The van der Waals surface area contributed by atoms with Crippen molar-refractivity contribution in [2.75, 3.05) is 34.5 Å². The first kappa shape index (κ1) is 77.4. The molecule has 23 nitrogen and oxygen atoms in total. The zero-order valence-electron chi connectivity index (χ0n) is 60.5. The molecule has 0 spiro atoms. The Bertz CT molecular complexity index is 3420. The quantitative estimate of drug-likeness (QED) is 0.0803. The van der Waals surface area contributed by atoms with Gasteiger partial charge in [0.05, 0.1) is 37.1 Å². The van der Waals surface area contributed by atoms with Crippen LogP contribution in [0.4, 0.5) is 0 Å². The number of rotatable bonds is 13. The van der Waals surface area contributed by atoms with Crippen molar-refractivity contribution in [1.29, 1.82) is 0 Å². The SMILES string of the molecule is COC[C@H]1OC(=O)c2coc3c2[C@@]1(C)C1=C(C3=O)C2CC[C@H](OC(=O)CCC(=O)OC3CCC(C[C@@H](C)[C@@H]4CC(=O)[C@H](C)/C=C(\C)[C@@H](O)[C@@H](OC)C(=O)[C@H](C)C[C@H](C)/C=C/C=C/C=C(\C)[C@@H](OC)C[C@@H]5CC[C@@H](C)[C@@](O)(O5)C(=O)C(=O)N5CCCC[C@H]5C(=O)O4)CC3)[C@@]2(C)C[C@H]1OC(C)=O. The molecule has 1 aromatic heterocycles. The normalized spacial score (nSPS) is 37.9. The molecule has 1 unspecified atom stereocenters. The van der Waals surface area contributed by atoms with Gasteiger partial charge < -0.3 is 62.2 Å². The van der Waals surface area contributed by atoms with E-state index >= 15 is 0 Å². The van der Waals surface area contributed by atoms with Crippen LogP contribution in [-0.2, 0) is 86.4 Å². The molecule has 5 heterocycles. The van der Waals surface area contributed by atoms with E-state index in [4.69, 9.17) is 47.0 Å². The number of ether oxygens (including phenoxy) is 9. The third-order valence-electron chi connectivity index (χ3n) is 23.1. The maximum Gasteiger partial charge on any atom is 0.342 e. The van der Waals surface area contributed by atoms with Crippen molar-refractivity contribution in [3.63, 3.8) is 0 Å².